The molecule has 0 bridgehead atoms. The molecule has 8 heteroatoms. The number of nitrogens with one attached hydrogen (secondary N) is 1. The largest absolute Gasteiger partial charge is 0.478 e. The molecule has 0 atom stereocenters. The van der Waals surface area contributed by atoms with Crippen LogP contribution in [-0.2, 0) is 10.0 Å². The lowest BCUT2D eigenvalue weighted by Gasteiger charge is -2.09. The van der Waals surface area contributed by atoms with Gasteiger partial charge in [-0.05, 0) is 42.5 Å². The van der Waals surface area contributed by atoms with Crippen molar-refractivity contribution >= 4 is 37.6 Å². The smallest absolute Gasteiger partial charge is 0.338 e. The molecule has 0 aromatic heterocycles. The van der Waals surface area contributed by atoms with Crippen LogP contribution in [0.1, 0.15) is 10.4 Å². The number of sulfonamides is 1. The van der Waals surface area contributed by atoms with Crippen LogP contribution in [0.3, 0.4) is 0 Å². The van der Waals surface area contributed by atoms with E-state index >= 15 is 0 Å². The fraction of sp³-hybridized carbons (Fsp3) is 0. The first-order valence-corrected chi connectivity index (χ1v) is 7.88. The van der Waals surface area contributed by atoms with E-state index in [0.29, 0.717) is 0 Å². The van der Waals surface area contributed by atoms with Crippen LogP contribution in [0.4, 0.5) is 10.1 Å². The van der Waals surface area contributed by atoms with Crippen molar-refractivity contribution < 1.29 is 22.7 Å². The number of benzene rings is 2. The highest BCUT2D eigenvalue weighted by atomic mass is 79.9. The molecule has 2 aromatic carbocycles. The van der Waals surface area contributed by atoms with Crippen molar-refractivity contribution in [1.82, 2.24) is 0 Å². The lowest BCUT2D eigenvalue weighted by atomic mass is 10.2. The zero-order valence-corrected chi connectivity index (χ0v) is 12.8. The van der Waals surface area contributed by atoms with Gasteiger partial charge in [0.05, 0.1) is 16.1 Å². The van der Waals surface area contributed by atoms with Gasteiger partial charge < -0.3 is 5.11 Å². The number of anilines is 1. The summed E-state index contributed by atoms with van der Waals surface area (Å²) in [6.07, 6.45) is 0. The second-order valence-electron chi connectivity index (χ2n) is 4.06. The van der Waals surface area contributed by atoms with Gasteiger partial charge in [-0.15, -0.1) is 0 Å². The summed E-state index contributed by atoms with van der Waals surface area (Å²) in [6.45, 7) is 0. The van der Waals surface area contributed by atoms with E-state index in [2.05, 4.69) is 20.7 Å². The highest BCUT2D eigenvalue weighted by Gasteiger charge is 2.16. The first-order valence-electron chi connectivity index (χ1n) is 5.61. The molecule has 0 saturated heterocycles. The predicted octanol–water partition coefficient (Wildman–Crippen LogP) is 3.09. The maximum absolute atomic E-state index is 13.5. The Morgan fingerprint density at radius 1 is 1.14 bits per heavy atom. The van der Waals surface area contributed by atoms with Crippen molar-refractivity contribution in [1.29, 1.82) is 0 Å². The van der Waals surface area contributed by atoms with Gasteiger partial charge in [-0.1, -0.05) is 15.9 Å². The predicted molar refractivity (Wildman–Crippen MR) is 78.3 cm³/mol. The van der Waals surface area contributed by atoms with Crippen molar-refractivity contribution in [3.05, 3.63) is 58.3 Å². The Labute approximate surface area is 128 Å². The standard InChI is InChI=1S/C13H9BrFNO4S/c14-8-1-4-10(5-2-8)21(19,20)16-9-3-6-11(13(17)18)12(15)7-9/h1-7,16H,(H,17,18). The fourth-order valence-electron chi connectivity index (χ4n) is 1.58. The van der Waals surface area contributed by atoms with Crippen molar-refractivity contribution in [3.63, 3.8) is 0 Å². The molecule has 110 valence electrons. The molecule has 0 unspecified atom stereocenters. The van der Waals surface area contributed by atoms with Gasteiger partial charge in [-0.25, -0.2) is 17.6 Å². The van der Waals surface area contributed by atoms with E-state index in [1.54, 1.807) is 12.1 Å². The fourth-order valence-corrected chi connectivity index (χ4v) is 2.89. The monoisotopic (exact) mass is 373 g/mol. The third-order valence-corrected chi connectivity index (χ3v) is 4.50. The van der Waals surface area contributed by atoms with E-state index in [0.717, 1.165) is 16.6 Å². The molecule has 2 aromatic rings. The molecular weight excluding hydrogens is 365 g/mol. The van der Waals surface area contributed by atoms with E-state index in [1.165, 1.54) is 18.2 Å². The number of carboxylic acid groups (broad SMARTS) is 1. The normalized spacial score (nSPS) is 11.1. The van der Waals surface area contributed by atoms with Gasteiger partial charge in [0.25, 0.3) is 10.0 Å². The van der Waals surface area contributed by atoms with Gasteiger partial charge in [0.1, 0.15) is 5.82 Å². The van der Waals surface area contributed by atoms with Crippen LogP contribution in [0, 0.1) is 5.82 Å². The molecule has 0 aliphatic rings. The number of rotatable bonds is 4. The third-order valence-electron chi connectivity index (χ3n) is 2.58. The first-order chi connectivity index (χ1) is 9.79. The molecule has 2 N–H and O–H groups in total. The van der Waals surface area contributed by atoms with E-state index in [1.807, 2.05) is 0 Å². The molecule has 0 aliphatic carbocycles. The van der Waals surface area contributed by atoms with Crippen LogP contribution in [0.2, 0.25) is 0 Å². The highest BCUT2D eigenvalue weighted by Crippen LogP contribution is 2.20. The summed E-state index contributed by atoms with van der Waals surface area (Å²) in [4.78, 5) is 10.7. The minimum absolute atomic E-state index is 0.00780. The average Bonchev–Trinajstić information content (AvgIpc) is 2.38. The maximum Gasteiger partial charge on any atom is 0.338 e. The summed E-state index contributed by atoms with van der Waals surface area (Å²) >= 11 is 3.19. The first kappa shape index (κ1) is 15.5. The number of carboxylic acids is 1. The van der Waals surface area contributed by atoms with Crippen molar-refractivity contribution in [2.45, 2.75) is 4.90 Å². The van der Waals surface area contributed by atoms with Gasteiger partial charge in [0.15, 0.2) is 0 Å². The summed E-state index contributed by atoms with van der Waals surface area (Å²) in [5.74, 6) is -2.44. The Balaban J connectivity index is 2.31. The van der Waals surface area contributed by atoms with E-state index < -0.39 is 27.4 Å². The zero-order chi connectivity index (χ0) is 15.6. The van der Waals surface area contributed by atoms with Gasteiger partial charge in [0, 0.05) is 4.47 Å². The zero-order valence-electron chi connectivity index (χ0n) is 10.4. The molecular formula is C13H9BrFNO4S. The molecule has 0 radical (unpaired) electrons. The van der Waals surface area contributed by atoms with E-state index in [4.69, 9.17) is 5.11 Å². The molecule has 0 heterocycles. The third kappa shape index (κ3) is 3.59. The van der Waals surface area contributed by atoms with Gasteiger partial charge >= 0.3 is 5.97 Å². The molecule has 2 rings (SSSR count). The summed E-state index contributed by atoms with van der Waals surface area (Å²) in [5.41, 5.74) is -0.581. The van der Waals surface area contributed by atoms with Crippen molar-refractivity contribution in [3.8, 4) is 0 Å². The summed E-state index contributed by atoms with van der Waals surface area (Å²) in [5, 5.41) is 8.71. The summed E-state index contributed by atoms with van der Waals surface area (Å²) in [6, 6.07) is 8.88. The van der Waals surface area contributed by atoms with Gasteiger partial charge in [-0.3, -0.25) is 4.72 Å². The average molecular weight is 374 g/mol. The molecule has 0 aliphatic heterocycles. The Morgan fingerprint density at radius 3 is 2.29 bits per heavy atom. The van der Waals surface area contributed by atoms with Gasteiger partial charge in [0.2, 0.25) is 0 Å². The molecule has 0 saturated carbocycles. The Hall–Kier alpha value is -1.93. The second-order valence-corrected chi connectivity index (χ2v) is 6.66. The van der Waals surface area contributed by atoms with Crippen molar-refractivity contribution in [2.24, 2.45) is 0 Å². The Morgan fingerprint density at radius 2 is 1.76 bits per heavy atom. The van der Waals surface area contributed by atoms with Crippen LogP contribution in [0.25, 0.3) is 0 Å². The van der Waals surface area contributed by atoms with Crippen LogP contribution in [0.5, 0.6) is 0 Å². The maximum atomic E-state index is 13.5. The highest BCUT2D eigenvalue weighted by molar-refractivity contribution is 9.10. The van der Waals surface area contributed by atoms with Crippen LogP contribution in [-0.4, -0.2) is 19.5 Å². The number of hydrogen-bond donors (Lipinski definition) is 2. The molecule has 21 heavy (non-hydrogen) atoms. The molecule has 5 nitrogen and oxygen atoms in total. The summed E-state index contributed by atoms with van der Waals surface area (Å²) < 4.78 is 40.6. The van der Waals surface area contributed by atoms with Crippen LogP contribution >= 0.6 is 15.9 Å². The second kappa shape index (κ2) is 5.82. The van der Waals surface area contributed by atoms with Crippen LogP contribution in [0.15, 0.2) is 51.8 Å². The topological polar surface area (TPSA) is 83.5 Å². The number of halogens is 2. The number of aromatic carboxylic acids is 1. The van der Waals surface area contributed by atoms with Crippen LogP contribution < -0.4 is 4.72 Å². The molecule has 0 fully saturated rings. The SMILES string of the molecule is O=C(O)c1ccc(NS(=O)(=O)c2ccc(Br)cc2)cc1F. The lowest BCUT2D eigenvalue weighted by molar-refractivity contribution is 0.0692. The number of hydrogen-bond acceptors (Lipinski definition) is 3. The number of carbonyl (C=O) groups is 1. The molecule has 0 spiro atoms. The Bertz CT molecular complexity index is 790. The van der Waals surface area contributed by atoms with E-state index in [-0.39, 0.29) is 10.6 Å². The Kier molecular flexibility index (Phi) is 4.29. The summed E-state index contributed by atoms with van der Waals surface area (Å²) in [7, 11) is -3.86. The van der Waals surface area contributed by atoms with E-state index in [9.17, 15) is 17.6 Å². The lowest BCUT2D eigenvalue weighted by Crippen LogP contribution is -2.13. The van der Waals surface area contributed by atoms with Gasteiger partial charge in [-0.2, -0.15) is 0 Å². The van der Waals surface area contributed by atoms with Crippen molar-refractivity contribution in [2.75, 3.05) is 4.72 Å². The minimum Gasteiger partial charge on any atom is -0.478 e. The quantitative estimate of drug-likeness (QED) is 0.862. The molecule has 0 amide bonds. The minimum atomic E-state index is -3.86.